The number of halogens is 1. The van der Waals surface area contributed by atoms with Crippen LogP contribution in [0.2, 0.25) is 0 Å². The summed E-state index contributed by atoms with van der Waals surface area (Å²) in [6, 6.07) is 6.93. The van der Waals surface area contributed by atoms with E-state index >= 15 is 0 Å². The molecule has 1 aliphatic heterocycles. The topological polar surface area (TPSA) is 38.5 Å². The molecule has 1 aromatic carbocycles. The van der Waals surface area contributed by atoms with Crippen molar-refractivity contribution >= 4 is 15.9 Å². The van der Waals surface area contributed by atoms with Crippen molar-refractivity contribution in [1.82, 2.24) is 4.90 Å². The highest BCUT2D eigenvalue weighted by atomic mass is 79.9. The second-order valence-electron chi connectivity index (χ2n) is 6.48. The Morgan fingerprint density at radius 1 is 1.33 bits per heavy atom. The number of benzene rings is 1. The van der Waals surface area contributed by atoms with Crippen molar-refractivity contribution in [3.63, 3.8) is 0 Å². The second-order valence-corrected chi connectivity index (χ2v) is 7.40. The molecule has 3 rings (SSSR count). The molecule has 3 atom stereocenters. The van der Waals surface area contributed by atoms with E-state index < -0.39 is 0 Å². The Bertz CT molecular complexity index is 494. The van der Waals surface area contributed by atoms with Crippen LogP contribution in [0.3, 0.4) is 0 Å². The fourth-order valence-corrected chi connectivity index (χ4v) is 4.30. The van der Waals surface area contributed by atoms with Gasteiger partial charge in [-0.2, -0.15) is 0 Å². The van der Waals surface area contributed by atoms with Gasteiger partial charge in [0, 0.05) is 23.5 Å². The van der Waals surface area contributed by atoms with Gasteiger partial charge in [0.25, 0.3) is 0 Å². The van der Waals surface area contributed by atoms with Crippen molar-refractivity contribution in [2.24, 2.45) is 11.7 Å². The first kappa shape index (κ1) is 15.3. The molecule has 2 aliphatic rings. The lowest BCUT2D eigenvalue weighted by Crippen LogP contribution is -2.46. The van der Waals surface area contributed by atoms with E-state index in [0.717, 1.165) is 29.7 Å². The zero-order chi connectivity index (χ0) is 14.8. The minimum atomic E-state index is 0.277. The summed E-state index contributed by atoms with van der Waals surface area (Å²) < 4.78 is 7.23. The van der Waals surface area contributed by atoms with Crippen LogP contribution in [0.4, 0.5) is 0 Å². The van der Waals surface area contributed by atoms with E-state index in [1.165, 1.54) is 31.2 Å². The molecule has 3 nitrogen and oxygen atoms in total. The van der Waals surface area contributed by atoms with Crippen molar-refractivity contribution in [2.45, 2.75) is 44.2 Å². The summed E-state index contributed by atoms with van der Waals surface area (Å²) in [6.07, 6.45) is 6.53. The first-order chi connectivity index (χ1) is 10.2. The number of likely N-dealkylation sites (N-methyl/N-ethyl adjacent to an activating group) is 1. The van der Waals surface area contributed by atoms with Gasteiger partial charge in [-0.3, -0.25) is 4.90 Å². The van der Waals surface area contributed by atoms with Crippen LogP contribution < -0.4 is 10.5 Å². The van der Waals surface area contributed by atoms with Gasteiger partial charge >= 0.3 is 0 Å². The number of fused-ring (bicyclic) bond motifs is 1. The third-order valence-electron chi connectivity index (χ3n) is 4.99. The molecule has 1 aliphatic carbocycles. The van der Waals surface area contributed by atoms with Crippen LogP contribution >= 0.6 is 15.9 Å². The summed E-state index contributed by atoms with van der Waals surface area (Å²) in [6.45, 7) is 1.81. The number of ether oxygens (including phenoxy) is 1. The largest absolute Gasteiger partial charge is 0.488 e. The van der Waals surface area contributed by atoms with E-state index in [0.29, 0.717) is 12.0 Å². The quantitative estimate of drug-likeness (QED) is 0.904. The van der Waals surface area contributed by atoms with Gasteiger partial charge in [0.2, 0.25) is 0 Å². The predicted molar refractivity (Wildman–Crippen MR) is 89.7 cm³/mol. The molecule has 4 heteroatoms. The lowest BCUT2D eigenvalue weighted by molar-refractivity contribution is 0.0889. The maximum absolute atomic E-state index is 6.10. The van der Waals surface area contributed by atoms with Crippen LogP contribution in [0.5, 0.6) is 5.75 Å². The van der Waals surface area contributed by atoms with Crippen molar-refractivity contribution in [1.29, 1.82) is 0 Å². The molecular weight excluding hydrogens is 328 g/mol. The Labute approximate surface area is 136 Å². The molecule has 1 aromatic rings. The number of hydrogen-bond acceptors (Lipinski definition) is 3. The maximum atomic E-state index is 6.10. The van der Waals surface area contributed by atoms with Crippen LogP contribution in [-0.2, 0) is 6.42 Å². The van der Waals surface area contributed by atoms with Gasteiger partial charge in [-0.1, -0.05) is 28.8 Å². The van der Waals surface area contributed by atoms with E-state index in [1.807, 2.05) is 0 Å². The molecular formula is C17H25BrN2O. The third kappa shape index (κ3) is 3.43. The summed E-state index contributed by atoms with van der Waals surface area (Å²) in [5.74, 6) is 1.71. The van der Waals surface area contributed by atoms with E-state index in [2.05, 4.69) is 46.1 Å². The standard InChI is InChI=1S/C17H25BrN2O/c1-20(16-5-3-2-4-12(16)10-19)11-15-9-13-8-14(18)6-7-17(13)21-15/h6-8,12,15-16H,2-5,9-11,19H2,1H3. The zero-order valence-electron chi connectivity index (χ0n) is 12.7. The fraction of sp³-hybridized carbons (Fsp3) is 0.647. The van der Waals surface area contributed by atoms with Crippen LogP contribution in [0.15, 0.2) is 22.7 Å². The molecule has 0 amide bonds. The van der Waals surface area contributed by atoms with E-state index in [1.54, 1.807) is 0 Å². The Morgan fingerprint density at radius 3 is 2.95 bits per heavy atom. The molecule has 2 N–H and O–H groups in total. The molecule has 0 saturated heterocycles. The molecule has 1 heterocycles. The normalized spacial score (nSPS) is 28.5. The highest BCUT2D eigenvalue weighted by Gasteiger charge is 2.31. The molecule has 0 aromatic heterocycles. The maximum Gasteiger partial charge on any atom is 0.123 e. The number of nitrogens with two attached hydrogens (primary N) is 1. The minimum absolute atomic E-state index is 0.277. The Kier molecular flexibility index (Phi) is 4.87. The van der Waals surface area contributed by atoms with Crippen LogP contribution in [0, 0.1) is 5.92 Å². The van der Waals surface area contributed by atoms with E-state index in [9.17, 15) is 0 Å². The van der Waals surface area contributed by atoms with Crippen LogP contribution in [0.25, 0.3) is 0 Å². The molecule has 3 unspecified atom stereocenters. The summed E-state index contributed by atoms with van der Waals surface area (Å²) >= 11 is 3.54. The van der Waals surface area contributed by atoms with Crippen molar-refractivity contribution in [3.8, 4) is 5.75 Å². The average molecular weight is 353 g/mol. The van der Waals surface area contributed by atoms with Crippen molar-refractivity contribution in [3.05, 3.63) is 28.2 Å². The van der Waals surface area contributed by atoms with Gasteiger partial charge in [0.1, 0.15) is 11.9 Å². The highest BCUT2D eigenvalue weighted by molar-refractivity contribution is 9.10. The number of rotatable bonds is 4. The average Bonchev–Trinajstić information content (AvgIpc) is 2.88. The van der Waals surface area contributed by atoms with Crippen LogP contribution in [0.1, 0.15) is 31.2 Å². The first-order valence-electron chi connectivity index (χ1n) is 8.02. The zero-order valence-corrected chi connectivity index (χ0v) is 14.3. The van der Waals surface area contributed by atoms with Gasteiger partial charge < -0.3 is 10.5 Å². The lowest BCUT2D eigenvalue weighted by Gasteiger charge is -2.38. The number of hydrogen-bond donors (Lipinski definition) is 1. The molecule has 1 saturated carbocycles. The molecule has 21 heavy (non-hydrogen) atoms. The second kappa shape index (κ2) is 6.67. The van der Waals surface area contributed by atoms with Crippen LogP contribution in [-0.4, -0.2) is 37.2 Å². The van der Waals surface area contributed by atoms with Gasteiger partial charge in [-0.05, 0) is 56.1 Å². The van der Waals surface area contributed by atoms with E-state index in [4.69, 9.17) is 10.5 Å². The van der Waals surface area contributed by atoms with Crippen molar-refractivity contribution in [2.75, 3.05) is 20.1 Å². The highest BCUT2D eigenvalue weighted by Crippen LogP contribution is 2.33. The lowest BCUT2D eigenvalue weighted by atomic mass is 9.83. The fourth-order valence-electron chi connectivity index (χ4n) is 3.89. The van der Waals surface area contributed by atoms with E-state index in [-0.39, 0.29) is 6.10 Å². The SMILES string of the molecule is CN(CC1Cc2cc(Br)ccc2O1)C1CCCCC1CN. The monoisotopic (exact) mass is 352 g/mol. The molecule has 0 radical (unpaired) electrons. The summed E-state index contributed by atoms with van der Waals surface area (Å²) in [5.41, 5.74) is 7.28. The summed E-state index contributed by atoms with van der Waals surface area (Å²) in [7, 11) is 2.24. The van der Waals surface area contributed by atoms with Gasteiger partial charge in [-0.25, -0.2) is 0 Å². The van der Waals surface area contributed by atoms with Crippen molar-refractivity contribution < 1.29 is 4.74 Å². The molecule has 116 valence electrons. The van der Waals surface area contributed by atoms with Gasteiger partial charge in [0.15, 0.2) is 0 Å². The smallest absolute Gasteiger partial charge is 0.123 e. The Balaban J connectivity index is 1.60. The predicted octanol–water partition coefficient (Wildman–Crippen LogP) is 3.20. The van der Waals surface area contributed by atoms with Gasteiger partial charge in [0.05, 0.1) is 0 Å². The summed E-state index contributed by atoms with van der Waals surface area (Å²) in [4.78, 5) is 2.49. The Morgan fingerprint density at radius 2 is 2.14 bits per heavy atom. The first-order valence-corrected chi connectivity index (χ1v) is 8.82. The number of nitrogens with zero attached hydrogens (tertiary/aromatic N) is 1. The molecule has 0 bridgehead atoms. The minimum Gasteiger partial charge on any atom is -0.488 e. The van der Waals surface area contributed by atoms with Gasteiger partial charge in [-0.15, -0.1) is 0 Å². The molecule has 1 fully saturated rings. The molecule has 0 spiro atoms. The Hall–Kier alpha value is -0.580. The third-order valence-corrected chi connectivity index (χ3v) is 5.49. The summed E-state index contributed by atoms with van der Waals surface area (Å²) in [5, 5.41) is 0.